The fourth-order valence-electron chi connectivity index (χ4n) is 1.73. The fourth-order valence-corrected chi connectivity index (χ4v) is 3.01. The molecule has 92 valence electrons. The highest BCUT2D eigenvalue weighted by molar-refractivity contribution is 9.11. The Morgan fingerprint density at radius 3 is 2.53 bits per heavy atom. The van der Waals surface area contributed by atoms with E-state index in [2.05, 4.69) is 50.7 Å². The van der Waals surface area contributed by atoms with Crippen LogP contribution < -0.4 is 0 Å². The maximum atomic E-state index is 5.65. The minimum absolute atomic E-state index is 0.311. The van der Waals surface area contributed by atoms with Gasteiger partial charge in [-0.25, -0.2) is 4.99 Å². The summed E-state index contributed by atoms with van der Waals surface area (Å²) in [7, 11) is 0. The second-order valence-corrected chi connectivity index (χ2v) is 6.23. The predicted octanol–water partition coefficient (Wildman–Crippen LogP) is 4.21. The normalized spacial score (nSPS) is 19.4. The van der Waals surface area contributed by atoms with Gasteiger partial charge in [0.05, 0.1) is 12.5 Å². The Kier molecular flexibility index (Phi) is 4.26. The molecule has 0 spiro atoms. The third kappa shape index (κ3) is 3.10. The van der Waals surface area contributed by atoms with Gasteiger partial charge < -0.3 is 4.74 Å². The molecule has 1 unspecified atom stereocenters. The van der Waals surface area contributed by atoms with E-state index in [1.807, 2.05) is 18.2 Å². The van der Waals surface area contributed by atoms with Crippen LogP contribution in [0.5, 0.6) is 0 Å². The van der Waals surface area contributed by atoms with Crippen LogP contribution in [0.15, 0.2) is 32.1 Å². The summed E-state index contributed by atoms with van der Waals surface area (Å²) >= 11 is 7.12. The molecule has 1 heterocycles. The van der Waals surface area contributed by atoms with Crippen LogP contribution in [0.25, 0.3) is 0 Å². The molecular weight excluding hydrogens is 346 g/mol. The minimum atomic E-state index is 0.311. The van der Waals surface area contributed by atoms with Crippen LogP contribution in [0, 0.1) is 5.92 Å². The Bertz CT molecular complexity index is 423. The first-order valence-corrected chi connectivity index (χ1v) is 7.29. The zero-order valence-electron chi connectivity index (χ0n) is 9.91. The number of aliphatic imine (C=N–C) groups is 1. The quantitative estimate of drug-likeness (QED) is 0.791. The Morgan fingerprint density at radius 1 is 1.35 bits per heavy atom. The van der Waals surface area contributed by atoms with E-state index in [1.54, 1.807) is 0 Å². The van der Waals surface area contributed by atoms with Crippen LogP contribution in [0.2, 0.25) is 0 Å². The zero-order chi connectivity index (χ0) is 12.4. The first-order chi connectivity index (χ1) is 8.08. The Morgan fingerprint density at radius 2 is 2.00 bits per heavy atom. The van der Waals surface area contributed by atoms with Gasteiger partial charge in [-0.1, -0.05) is 51.8 Å². The van der Waals surface area contributed by atoms with Gasteiger partial charge in [-0.3, -0.25) is 0 Å². The van der Waals surface area contributed by atoms with Gasteiger partial charge >= 0.3 is 0 Å². The molecular formula is C13H15Br2NO. The van der Waals surface area contributed by atoms with Crippen molar-refractivity contribution in [1.29, 1.82) is 0 Å². The molecule has 0 aromatic heterocycles. The number of nitrogens with zero attached hydrogens (tertiary/aromatic N) is 1. The lowest BCUT2D eigenvalue weighted by Gasteiger charge is -2.07. The molecule has 2 rings (SSSR count). The summed E-state index contributed by atoms with van der Waals surface area (Å²) in [5.41, 5.74) is 1.19. The molecule has 1 aliphatic rings. The topological polar surface area (TPSA) is 21.6 Å². The van der Waals surface area contributed by atoms with Crippen LogP contribution >= 0.6 is 31.9 Å². The Hall–Kier alpha value is -0.350. The Labute approximate surface area is 119 Å². The molecule has 4 heteroatoms. The van der Waals surface area contributed by atoms with Crippen molar-refractivity contribution in [2.75, 3.05) is 6.61 Å². The number of benzene rings is 1. The van der Waals surface area contributed by atoms with E-state index in [-0.39, 0.29) is 0 Å². The summed E-state index contributed by atoms with van der Waals surface area (Å²) in [4.78, 5) is 4.62. The van der Waals surface area contributed by atoms with Crippen molar-refractivity contribution in [3.8, 4) is 0 Å². The summed E-state index contributed by atoms with van der Waals surface area (Å²) in [5, 5.41) is 0. The van der Waals surface area contributed by atoms with Crippen molar-refractivity contribution in [3.63, 3.8) is 0 Å². The average Bonchev–Trinajstić information content (AvgIpc) is 2.72. The molecule has 0 aliphatic carbocycles. The molecule has 1 aliphatic heterocycles. The highest BCUT2D eigenvalue weighted by Gasteiger charge is 2.22. The SMILES string of the molecule is CC(C)C1COC(Cc2c(Br)cccc2Br)=N1. The van der Waals surface area contributed by atoms with E-state index in [4.69, 9.17) is 4.74 Å². The van der Waals surface area contributed by atoms with E-state index in [9.17, 15) is 0 Å². The number of hydrogen-bond donors (Lipinski definition) is 0. The molecule has 17 heavy (non-hydrogen) atoms. The summed E-state index contributed by atoms with van der Waals surface area (Å²) in [5.74, 6) is 1.38. The van der Waals surface area contributed by atoms with Crippen molar-refractivity contribution >= 4 is 37.8 Å². The van der Waals surface area contributed by atoms with Crippen molar-refractivity contribution in [1.82, 2.24) is 0 Å². The monoisotopic (exact) mass is 359 g/mol. The summed E-state index contributed by atoms with van der Waals surface area (Å²) in [6.45, 7) is 5.07. The molecule has 1 aromatic rings. The van der Waals surface area contributed by atoms with Crippen LogP contribution in [-0.2, 0) is 11.2 Å². The van der Waals surface area contributed by atoms with Crippen LogP contribution in [0.4, 0.5) is 0 Å². The van der Waals surface area contributed by atoms with E-state index in [0.717, 1.165) is 27.9 Å². The van der Waals surface area contributed by atoms with Gasteiger partial charge in [0, 0.05) is 8.95 Å². The zero-order valence-corrected chi connectivity index (χ0v) is 13.1. The van der Waals surface area contributed by atoms with E-state index in [1.165, 1.54) is 5.56 Å². The van der Waals surface area contributed by atoms with Gasteiger partial charge in [0.25, 0.3) is 0 Å². The standard InChI is InChI=1S/C13H15Br2NO/c1-8(2)12-7-17-13(16-12)6-9-10(14)4-3-5-11(9)15/h3-5,8,12H,6-7H2,1-2H3. The number of hydrogen-bond acceptors (Lipinski definition) is 2. The first kappa shape index (κ1) is 13.1. The maximum Gasteiger partial charge on any atom is 0.188 e. The van der Waals surface area contributed by atoms with Crippen molar-refractivity contribution in [2.45, 2.75) is 26.3 Å². The molecule has 0 N–H and O–H groups in total. The van der Waals surface area contributed by atoms with Crippen molar-refractivity contribution < 1.29 is 4.74 Å². The minimum Gasteiger partial charge on any atom is -0.478 e. The Balaban J connectivity index is 2.15. The van der Waals surface area contributed by atoms with E-state index in [0.29, 0.717) is 12.0 Å². The van der Waals surface area contributed by atoms with Crippen molar-refractivity contribution in [2.24, 2.45) is 10.9 Å². The third-order valence-electron chi connectivity index (χ3n) is 2.89. The van der Waals surface area contributed by atoms with Crippen molar-refractivity contribution in [3.05, 3.63) is 32.7 Å². The second kappa shape index (κ2) is 5.53. The average molecular weight is 361 g/mol. The van der Waals surface area contributed by atoms with Crippen LogP contribution in [0.1, 0.15) is 19.4 Å². The largest absolute Gasteiger partial charge is 0.478 e. The molecule has 0 saturated heterocycles. The molecule has 0 radical (unpaired) electrons. The third-order valence-corrected chi connectivity index (χ3v) is 4.38. The number of halogens is 2. The predicted molar refractivity (Wildman–Crippen MR) is 77.6 cm³/mol. The molecule has 0 saturated carbocycles. The van der Waals surface area contributed by atoms with Gasteiger partial charge in [-0.05, 0) is 23.6 Å². The van der Waals surface area contributed by atoms with Gasteiger partial charge in [0.1, 0.15) is 6.61 Å². The highest BCUT2D eigenvalue weighted by Crippen LogP contribution is 2.27. The smallest absolute Gasteiger partial charge is 0.188 e. The van der Waals surface area contributed by atoms with Gasteiger partial charge in [-0.15, -0.1) is 0 Å². The summed E-state index contributed by atoms with van der Waals surface area (Å²) in [6.07, 6.45) is 0.741. The lowest BCUT2D eigenvalue weighted by molar-refractivity contribution is 0.287. The second-order valence-electron chi connectivity index (χ2n) is 4.52. The van der Waals surface area contributed by atoms with Gasteiger partial charge in [-0.2, -0.15) is 0 Å². The number of rotatable bonds is 3. The van der Waals surface area contributed by atoms with Gasteiger partial charge in [0.15, 0.2) is 5.90 Å². The fraction of sp³-hybridized carbons (Fsp3) is 0.462. The van der Waals surface area contributed by atoms with E-state index < -0.39 is 0 Å². The molecule has 1 atom stereocenters. The highest BCUT2D eigenvalue weighted by atomic mass is 79.9. The molecule has 2 nitrogen and oxygen atoms in total. The van der Waals surface area contributed by atoms with Gasteiger partial charge in [0.2, 0.25) is 0 Å². The molecule has 0 fully saturated rings. The molecule has 0 amide bonds. The van der Waals surface area contributed by atoms with Crippen LogP contribution in [0.3, 0.4) is 0 Å². The van der Waals surface area contributed by atoms with Crippen LogP contribution in [-0.4, -0.2) is 18.5 Å². The number of ether oxygens (including phenoxy) is 1. The maximum absolute atomic E-state index is 5.65. The molecule has 0 bridgehead atoms. The van der Waals surface area contributed by atoms with E-state index >= 15 is 0 Å². The lowest BCUT2D eigenvalue weighted by atomic mass is 10.1. The summed E-state index contributed by atoms with van der Waals surface area (Å²) in [6, 6.07) is 6.39. The lowest BCUT2D eigenvalue weighted by Crippen LogP contribution is -2.13. The summed E-state index contributed by atoms with van der Waals surface area (Å²) < 4.78 is 7.83. The first-order valence-electron chi connectivity index (χ1n) is 5.70. The molecule has 1 aromatic carbocycles.